The third kappa shape index (κ3) is 3.31. The number of rotatable bonds is 3. The van der Waals surface area contributed by atoms with Gasteiger partial charge in [-0.15, -0.1) is 0 Å². The monoisotopic (exact) mass is 369 g/mol. The van der Waals surface area contributed by atoms with E-state index in [2.05, 4.69) is 35.9 Å². The van der Waals surface area contributed by atoms with Crippen LogP contribution in [0.1, 0.15) is 27.0 Å². The molecule has 0 saturated carbocycles. The molecule has 2 aliphatic rings. The molecule has 5 heteroatoms. The van der Waals surface area contributed by atoms with Gasteiger partial charge in [-0.1, -0.05) is 23.7 Å². The van der Waals surface area contributed by atoms with Crippen LogP contribution >= 0.6 is 11.6 Å². The van der Waals surface area contributed by atoms with Crippen molar-refractivity contribution in [2.24, 2.45) is 0 Å². The molecule has 4 rings (SSSR count). The van der Waals surface area contributed by atoms with E-state index in [1.807, 2.05) is 29.2 Å². The molecule has 0 radical (unpaired) electrons. The summed E-state index contributed by atoms with van der Waals surface area (Å²) in [5, 5.41) is 0.720. The van der Waals surface area contributed by atoms with Gasteiger partial charge in [0, 0.05) is 55.5 Å². The molecule has 0 N–H and O–H groups in total. The summed E-state index contributed by atoms with van der Waals surface area (Å²) in [5.74, 6) is 0.136. The van der Waals surface area contributed by atoms with Crippen molar-refractivity contribution >= 4 is 23.2 Å². The smallest absolute Gasteiger partial charge is 0.255 e. The average molecular weight is 370 g/mol. The maximum atomic E-state index is 12.9. The van der Waals surface area contributed by atoms with E-state index >= 15 is 0 Å². The first-order valence-electron chi connectivity index (χ1n) is 9.12. The molecule has 2 aromatic rings. The summed E-state index contributed by atoms with van der Waals surface area (Å²) in [4.78, 5) is 19.6. The zero-order valence-electron chi connectivity index (χ0n) is 15.3. The molecule has 2 aromatic carbocycles. The SMILES string of the molecule is Cc1cc(N2CCN(C)CC2)cc2c1C(=O)N(Cc1ccc(Cl)cc1)C2. The quantitative estimate of drug-likeness (QED) is 0.827. The van der Waals surface area contributed by atoms with E-state index in [0.29, 0.717) is 13.1 Å². The molecule has 0 aliphatic carbocycles. The van der Waals surface area contributed by atoms with Crippen molar-refractivity contribution in [3.8, 4) is 0 Å². The fourth-order valence-corrected chi connectivity index (χ4v) is 4.02. The summed E-state index contributed by atoms with van der Waals surface area (Å²) >= 11 is 5.96. The number of likely N-dealkylation sites (N-methyl/N-ethyl adjacent to an activating group) is 1. The van der Waals surface area contributed by atoms with Gasteiger partial charge in [0.2, 0.25) is 0 Å². The molecule has 1 fully saturated rings. The number of halogens is 1. The van der Waals surface area contributed by atoms with E-state index in [4.69, 9.17) is 11.6 Å². The van der Waals surface area contributed by atoms with Crippen LogP contribution in [-0.2, 0) is 13.1 Å². The molecule has 1 amide bonds. The first kappa shape index (κ1) is 17.4. The van der Waals surface area contributed by atoms with Gasteiger partial charge in [-0.05, 0) is 54.9 Å². The molecule has 0 atom stereocenters. The summed E-state index contributed by atoms with van der Waals surface area (Å²) in [6, 6.07) is 12.1. The van der Waals surface area contributed by atoms with Crippen LogP contribution in [0.5, 0.6) is 0 Å². The Bertz CT molecular complexity index is 826. The number of benzene rings is 2. The third-order valence-corrected chi connectivity index (χ3v) is 5.67. The van der Waals surface area contributed by atoms with Crippen LogP contribution in [0.3, 0.4) is 0 Å². The highest BCUT2D eigenvalue weighted by Gasteiger charge is 2.30. The number of anilines is 1. The Hall–Kier alpha value is -2.04. The molecule has 1 saturated heterocycles. The molecule has 136 valence electrons. The fraction of sp³-hybridized carbons (Fsp3) is 0.381. The highest BCUT2D eigenvalue weighted by molar-refractivity contribution is 6.30. The fourth-order valence-electron chi connectivity index (χ4n) is 3.89. The van der Waals surface area contributed by atoms with Crippen molar-refractivity contribution in [3.05, 3.63) is 63.7 Å². The van der Waals surface area contributed by atoms with Crippen molar-refractivity contribution in [1.82, 2.24) is 9.80 Å². The Morgan fingerprint density at radius 2 is 1.73 bits per heavy atom. The number of hydrogen-bond acceptors (Lipinski definition) is 3. The molecule has 0 aromatic heterocycles. The highest BCUT2D eigenvalue weighted by Crippen LogP contribution is 2.32. The van der Waals surface area contributed by atoms with E-state index in [1.54, 1.807) is 0 Å². The van der Waals surface area contributed by atoms with Crippen molar-refractivity contribution in [2.45, 2.75) is 20.0 Å². The van der Waals surface area contributed by atoms with Crippen LogP contribution in [0.25, 0.3) is 0 Å². The minimum Gasteiger partial charge on any atom is -0.369 e. The van der Waals surface area contributed by atoms with Gasteiger partial charge < -0.3 is 14.7 Å². The Kier molecular flexibility index (Phi) is 4.63. The van der Waals surface area contributed by atoms with Crippen molar-refractivity contribution in [2.75, 3.05) is 38.1 Å². The lowest BCUT2D eigenvalue weighted by Crippen LogP contribution is -2.44. The van der Waals surface area contributed by atoms with E-state index in [-0.39, 0.29) is 5.91 Å². The Morgan fingerprint density at radius 1 is 1.04 bits per heavy atom. The number of piperazine rings is 1. The molecular weight excluding hydrogens is 346 g/mol. The predicted octanol–water partition coefficient (Wildman–Crippen LogP) is 3.56. The van der Waals surface area contributed by atoms with E-state index in [0.717, 1.165) is 53.5 Å². The van der Waals surface area contributed by atoms with E-state index in [9.17, 15) is 4.79 Å². The second kappa shape index (κ2) is 6.93. The molecule has 0 unspecified atom stereocenters. The lowest BCUT2D eigenvalue weighted by Gasteiger charge is -2.34. The minimum atomic E-state index is 0.136. The zero-order chi connectivity index (χ0) is 18.3. The summed E-state index contributed by atoms with van der Waals surface area (Å²) in [6.45, 7) is 7.60. The maximum absolute atomic E-state index is 12.9. The summed E-state index contributed by atoms with van der Waals surface area (Å²) < 4.78 is 0. The van der Waals surface area contributed by atoms with Gasteiger partial charge in [0.15, 0.2) is 0 Å². The molecule has 2 heterocycles. The zero-order valence-corrected chi connectivity index (χ0v) is 16.1. The number of carbonyl (C=O) groups is 1. The molecule has 2 aliphatic heterocycles. The Balaban J connectivity index is 1.55. The molecule has 4 nitrogen and oxygen atoms in total. The highest BCUT2D eigenvalue weighted by atomic mass is 35.5. The third-order valence-electron chi connectivity index (χ3n) is 5.42. The lowest BCUT2D eigenvalue weighted by atomic mass is 10.0. The van der Waals surface area contributed by atoms with E-state index in [1.165, 1.54) is 5.69 Å². The van der Waals surface area contributed by atoms with Gasteiger partial charge in [0.05, 0.1) is 0 Å². The van der Waals surface area contributed by atoms with Gasteiger partial charge >= 0.3 is 0 Å². The van der Waals surface area contributed by atoms with Crippen molar-refractivity contribution < 1.29 is 4.79 Å². The second-order valence-electron chi connectivity index (χ2n) is 7.37. The Labute approximate surface area is 160 Å². The van der Waals surface area contributed by atoms with Crippen LogP contribution in [0.4, 0.5) is 5.69 Å². The topological polar surface area (TPSA) is 26.8 Å². The largest absolute Gasteiger partial charge is 0.369 e. The Morgan fingerprint density at radius 3 is 2.42 bits per heavy atom. The van der Waals surface area contributed by atoms with Gasteiger partial charge in [-0.3, -0.25) is 4.79 Å². The number of fused-ring (bicyclic) bond motifs is 1. The average Bonchev–Trinajstić information content (AvgIpc) is 2.93. The predicted molar refractivity (Wildman–Crippen MR) is 106 cm³/mol. The van der Waals surface area contributed by atoms with Crippen molar-refractivity contribution in [3.63, 3.8) is 0 Å². The first-order chi connectivity index (χ1) is 12.5. The molecule has 0 bridgehead atoms. The van der Waals surface area contributed by atoms with Gasteiger partial charge in [-0.25, -0.2) is 0 Å². The van der Waals surface area contributed by atoms with Crippen LogP contribution in [-0.4, -0.2) is 48.9 Å². The van der Waals surface area contributed by atoms with Crippen LogP contribution in [0.15, 0.2) is 36.4 Å². The summed E-state index contributed by atoms with van der Waals surface area (Å²) in [5.41, 5.74) is 5.47. The standard InChI is InChI=1S/C21H24ClN3O/c1-15-11-19(24-9-7-23(2)8-10-24)12-17-14-25(21(26)20(15)17)13-16-3-5-18(22)6-4-16/h3-6,11-12H,7-10,13-14H2,1-2H3. The number of nitrogens with zero attached hydrogens (tertiary/aromatic N) is 3. The molecular formula is C21H24ClN3O. The normalized spacial score (nSPS) is 17.7. The van der Waals surface area contributed by atoms with Gasteiger partial charge in [0.1, 0.15) is 0 Å². The summed E-state index contributed by atoms with van der Waals surface area (Å²) in [7, 11) is 2.17. The first-order valence-corrected chi connectivity index (χ1v) is 9.50. The number of aryl methyl sites for hydroxylation is 1. The number of carbonyl (C=O) groups excluding carboxylic acids is 1. The molecule has 0 spiro atoms. The minimum absolute atomic E-state index is 0.136. The number of amides is 1. The summed E-state index contributed by atoms with van der Waals surface area (Å²) in [6.07, 6.45) is 0. The van der Waals surface area contributed by atoms with Crippen LogP contribution in [0, 0.1) is 6.92 Å². The van der Waals surface area contributed by atoms with Crippen molar-refractivity contribution in [1.29, 1.82) is 0 Å². The maximum Gasteiger partial charge on any atom is 0.255 e. The van der Waals surface area contributed by atoms with Crippen LogP contribution < -0.4 is 4.90 Å². The van der Waals surface area contributed by atoms with E-state index < -0.39 is 0 Å². The molecule has 26 heavy (non-hydrogen) atoms. The number of hydrogen-bond donors (Lipinski definition) is 0. The van der Waals surface area contributed by atoms with Gasteiger partial charge in [0.25, 0.3) is 5.91 Å². The lowest BCUT2D eigenvalue weighted by molar-refractivity contribution is 0.0766. The van der Waals surface area contributed by atoms with Crippen LogP contribution in [0.2, 0.25) is 5.02 Å². The second-order valence-corrected chi connectivity index (χ2v) is 7.81. The van der Waals surface area contributed by atoms with Gasteiger partial charge in [-0.2, -0.15) is 0 Å².